The van der Waals surface area contributed by atoms with E-state index in [-0.39, 0.29) is 26.3 Å². The van der Waals surface area contributed by atoms with Crippen LogP contribution in [0.5, 0.6) is 11.5 Å². The third-order valence-electron chi connectivity index (χ3n) is 2.46. The molecule has 0 saturated carbocycles. The molecular formula is C11H8N2O5S2. The van der Waals surface area contributed by atoms with E-state index in [1.807, 2.05) is 0 Å². The van der Waals surface area contributed by atoms with Crippen LogP contribution in [0.25, 0.3) is 6.08 Å². The number of phenols is 1. The Bertz CT molecular complexity index is 656. The molecule has 0 aliphatic carbocycles. The number of aromatic hydroxyl groups is 1. The predicted octanol–water partition coefficient (Wildman–Crippen LogP) is 1.80. The number of nitro benzene ring substituents is 1. The number of nitro groups is 1. The van der Waals surface area contributed by atoms with Crippen LogP contribution in [-0.4, -0.2) is 27.4 Å². The molecule has 104 valence electrons. The molecule has 1 aromatic rings. The molecule has 1 amide bonds. The fourth-order valence-electron chi connectivity index (χ4n) is 1.64. The van der Waals surface area contributed by atoms with Crippen LogP contribution in [0.4, 0.5) is 5.69 Å². The average Bonchev–Trinajstić information content (AvgIpc) is 2.69. The van der Waals surface area contributed by atoms with Gasteiger partial charge in [-0.15, -0.1) is 0 Å². The van der Waals surface area contributed by atoms with Crippen LogP contribution in [0, 0.1) is 10.1 Å². The quantitative estimate of drug-likeness (QED) is 0.380. The molecule has 2 rings (SSSR count). The number of ether oxygens (including phenoxy) is 1. The monoisotopic (exact) mass is 312 g/mol. The predicted molar refractivity (Wildman–Crippen MR) is 77.6 cm³/mol. The number of thiocarbonyl (C=S) groups is 1. The number of hydrogen-bond donors (Lipinski definition) is 2. The summed E-state index contributed by atoms with van der Waals surface area (Å²) in [5.41, 5.74) is -0.266. The summed E-state index contributed by atoms with van der Waals surface area (Å²) in [6.07, 6.45) is 1.33. The zero-order valence-electron chi connectivity index (χ0n) is 10.1. The van der Waals surface area contributed by atoms with E-state index in [2.05, 4.69) is 5.32 Å². The van der Waals surface area contributed by atoms with Crippen LogP contribution in [0.3, 0.4) is 0 Å². The first kappa shape index (κ1) is 14.3. The molecule has 0 atom stereocenters. The van der Waals surface area contributed by atoms with Crippen molar-refractivity contribution in [1.29, 1.82) is 0 Å². The fourth-order valence-corrected chi connectivity index (χ4v) is 2.68. The Morgan fingerprint density at radius 3 is 2.75 bits per heavy atom. The van der Waals surface area contributed by atoms with Crippen LogP contribution < -0.4 is 10.1 Å². The van der Waals surface area contributed by atoms with E-state index in [4.69, 9.17) is 17.0 Å². The molecule has 0 bridgehead atoms. The van der Waals surface area contributed by atoms with Crippen molar-refractivity contribution < 1.29 is 19.6 Å². The molecule has 1 fully saturated rings. The second-order valence-corrected chi connectivity index (χ2v) is 5.38. The van der Waals surface area contributed by atoms with Gasteiger partial charge in [0.1, 0.15) is 4.32 Å². The maximum absolute atomic E-state index is 11.6. The van der Waals surface area contributed by atoms with Gasteiger partial charge in [-0.3, -0.25) is 14.9 Å². The number of phenolic OH excluding ortho intramolecular Hbond substituents is 1. The number of benzene rings is 1. The summed E-state index contributed by atoms with van der Waals surface area (Å²) in [4.78, 5) is 22.2. The van der Waals surface area contributed by atoms with E-state index in [9.17, 15) is 20.0 Å². The molecule has 1 aliphatic rings. The van der Waals surface area contributed by atoms with Gasteiger partial charge in [0.25, 0.3) is 5.91 Å². The first-order chi connectivity index (χ1) is 9.43. The van der Waals surface area contributed by atoms with Crippen LogP contribution >= 0.6 is 24.0 Å². The van der Waals surface area contributed by atoms with Crippen molar-refractivity contribution in [3.8, 4) is 11.5 Å². The number of thioether (sulfide) groups is 1. The highest BCUT2D eigenvalue weighted by Crippen LogP contribution is 2.40. The van der Waals surface area contributed by atoms with E-state index >= 15 is 0 Å². The largest absolute Gasteiger partial charge is 0.504 e. The molecule has 2 N–H and O–H groups in total. The van der Waals surface area contributed by atoms with E-state index in [1.54, 1.807) is 0 Å². The van der Waals surface area contributed by atoms with Crippen LogP contribution in [0.15, 0.2) is 17.0 Å². The normalized spacial score (nSPS) is 16.4. The Balaban J connectivity index is 2.58. The van der Waals surface area contributed by atoms with Crippen LogP contribution in [0.2, 0.25) is 0 Å². The summed E-state index contributed by atoms with van der Waals surface area (Å²) in [6.45, 7) is 0. The summed E-state index contributed by atoms with van der Waals surface area (Å²) >= 11 is 5.85. The summed E-state index contributed by atoms with van der Waals surface area (Å²) < 4.78 is 5.12. The highest BCUT2D eigenvalue weighted by atomic mass is 32.2. The maximum Gasteiger partial charge on any atom is 0.322 e. The molecule has 0 unspecified atom stereocenters. The van der Waals surface area contributed by atoms with Crippen molar-refractivity contribution in [3.05, 3.63) is 32.7 Å². The lowest BCUT2D eigenvalue weighted by atomic mass is 10.1. The molecule has 0 aromatic heterocycles. The highest BCUT2D eigenvalue weighted by molar-refractivity contribution is 8.26. The van der Waals surface area contributed by atoms with Gasteiger partial charge in [-0.2, -0.15) is 0 Å². The number of carbonyl (C=O) groups excluding carboxylic acids is 1. The molecule has 0 spiro atoms. The minimum absolute atomic E-state index is 0.145. The lowest BCUT2D eigenvalue weighted by molar-refractivity contribution is -0.386. The third kappa shape index (κ3) is 2.58. The van der Waals surface area contributed by atoms with Crippen LogP contribution in [-0.2, 0) is 4.79 Å². The topological polar surface area (TPSA) is 102 Å². The summed E-state index contributed by atoms with van der Waals surface area (Å²) in [6, 6.07) is 2.59. The van der Waals surface area contributed by atoms with Gasteiger partial charge in [0.05, 0.1) is 22.5 Å². The SMILES string of the molecule is COc1c(O)ccc(C=C2SC(=S)NC2=O)c1[N+](=O)[O-]. The van der Waals surface area contributed by atoms with Gasteiger partial charge in [0.15, 0.2) is 5.75 Å². The Labute approximate surface area is 122 Å². The summed E-state index contributed by atoms with van der Waals surface area (Å²) in [5.74, 6) is -1.02. The molecule has 1 saturated heterocycles. The van der Waals surface area contributed by atoms with Gasteiger partial charge in [-0.1, -0.05) is 24.0 Å². The smallest absolute Gasteiger partial charge is 0.322 e. The van der Waals surface area contributed by atoms with E-state index in [0.29, 0.717) is 0 Å². The third-order valence-corrected chi connectivity index (χ3v) is 3.62. The Morgan fingerprint density at radius 1 is 1.55 bits per heavy atom. The van der Waals surface area contributed by atoms with Crippen molar-refractivity contribution in [2.24, 2.45) is 0 Å². The Kier molecular flexibility index (Phi) is 3.91. The zero-order valence-corrected chi connectivity index (χ0v) is 11.7. The second kappa shape index (κ2) is 5.47. The van der Waals surface area contributed by atoms with Gasteiger partial charge in [-0.05, 0) is 18.2 Å². The minimum atomic E-state index is -0.680. The second-order valence-electron chi connectivity index (χ2n) is 3.67. The Morgan fingerprint density at radius 2 is 2.25 bits per heavy atom. The molecule has 20 heavy (non-hydrogen) atoms. The van der Waals surface area contributed by atoms with Crippen molar-refractivity contribution in [3.63, 3.8) is 0 Å². The van der Waals surface area contributed by atoms with Crippen LogP contribution in [0.1, 0.15) is 5.56 Å². The minimum Gasteiger partial charge on any atom is -0.504 e. The lowest BCUT2D eigenvalue weighted by Gasteiger charge is -2.06. The molecule has 7 nitrogen and oxygen atoms in total. The first-order valence-electron chi connectivity index (χ1n) is 5.23. The molecular weight excluding hydrogens is 304 g/mol. The number of nitrogens with zero attached hydrogens (tertiary/aromatic N) is 1. The molecule has 1 aliphatic heterocycles. The van der Waals surface area contributed by atoms with E-state index < -0.39 is 16.5 Å². The van der Waals surface area contributed by atoms with E-state index in [0.717, 1.165) is 11.8 Å². The maximum atomic E-state index is 11.6. The molecule has 9 heteroatoms. The number of carbonyl (C=O) groups is 1. The molecule has 1 heterocycles. The zero-order chi connectivity index (χ0) is 14.9. The lowest BCUT2D eigenvalue weighted by Crippen LogP contribution is -2.17. The molecule has 1 aromatic carbocycles. The van der Waals surface area contributed by atoms with Crippen molar-refractivity contribution in [2.75, 3.05) is 7.11 Å². The van der Waals surface area contributed by atoms with E-state index in [1.165, 1.54) is 25.3 Å². The summed E-state index contributed by atoms with van der Waals surface area (Å²) in [5, 5.41) is 23.1. The number of rotatable bonds is 3. The van der Waals surface area contributed by atoms with Gasteiger partial charge < -0.3 is 15.2 Å². The Hall–Kier alpha value is -2.13. The van der Waals surface area contributed by atoms with Crippen molar-refractivity contribution in [1.82, 2.24) is 5.32 Å². The number of hydrogen-bond acceptors (Lipinski definition) is 7. The molecule has 0 radical (unpaired) electrons. The van der Waals surface area contributed by atoms with Gasteiger partial charge in [0.2, 0.25) is 5.75 Å². The standard InChI is InChI=1S/C11H8N2O5S2/c1-18-9-6(14)3-2-5(8(9)13(16)17)4-7-10(15)12-11(19)20-7/h2-4,14H,1H3,(H,12,15,19). The van der Waals surface area contributed by atoms with Gasteiger partial charge in [0, 0.05) is 0 Å². The average molecular weight is 312 g/mol. The summed E-state index contributed by atoms with van der Waals surface area (Å²) in [7, 11) is 1.21. The van der Waals surface area contributed by atoms with Gasteiger partial charge >= 0.3 is 5.69 Å². The van der Waals surface area contributed by atoms with Crippen molar-refractivity contribution >= 4 is 46.0 Å². The van der Waals surface area contributed by atoms with Crippen molar-refractivity contribution in [2.45, 2.75) is 0 Å². The number of methoxy groups -OCH3 is 1. The fraction of sp³-hybridized carbons (Fsp3) is 0.0909. The first-order valence-corrected chi connectivity index (χ1v) is 6.45. The number of amides is 1. The number of nitrogens with one attached hydrogen (secondary N) is 1. The van der Waals surface area contributed by atoms with Gasteiger partial charge in [-0.25, -0.2) is 0 Å². The highest BCUT2D eigenvalue weighted by Gasteiger charge is 2.27.